The van der Waals surface area contributed by atoms with Crippen LogP contribution in [0.2, 0.25) is 0 Å². The Morgan fingerprint density at radius 3 is 2.19 bits per heavy atom. The highest BCUT2D eigenvalue weighted by atomic mass is 19.1. The zero-order valence-corrected chi connectivity index (χ0v) is 15.8. The van der Waals surface area contributed by atoms with Crippen molar-refractivity contribution < 1.29 is 13.9 Å². The van der Waals surface area contributed by atoms with Crippen molar-refractivity contribution in [3.63, 3.8) is 0 Å². The minimum Gasteiger partial charge on any atom is -0.457 e. The summed E-state index contributed by atoms with van der Waals surface area (Å²) >= 11 is 0. The first-order chi connectivity index (χ1) is 13.0. The van der Waals surface area contributed by atoms with Crippen molar-refractivity contribution in [1.29, 1.82) is 0 Å². The molecule has 2 rings (SSSR count). The third kappa shape index (κ3) is 6.97. The number of hydrogen-bond donors (Lipinski definition) is 2. The Bertz CT molecular complexity index is 759. The molecule has 6 nitrogen and oxygen atoms in total. The monoisotopic (exact) mass is 372 g/mol. The molecule has 7 heteroatoms. The Morgan fingerprint density at radius 1 is 1.04 bits per heavy atom. The van der Waals surface area contributed by atoms with Gasteiger partial charge in [0.15, 0.2) is 5.96 Å². The molecule has 2 aromatic carbocycles. The molecule has 0 aliphatic heterocycles. The van der Waals surface area contributed by atoms with E-state index in [1.54, 1.807) is 26.2 Å². The largest absolute Gasteiger partial charge is 0.457 e. The number of halogens is 1. The third-order valence-corrected chi connectivity index (χ3v) is 3.64. The number of rotatable bonds is 7. The summed E-state index contributed by atoms with van der Waals surface area (Å²) in [4.78, 5) is 17.7. The molecular weight excluding hydrogens is 347 g/mol. The van der Waals surface area contributed by atoms with E-state index in [0.717, 1.165) is 5.56 Å². The summed E-state index contributed by atoms with van der Waals surface area (Å²) in [5.41, 5.74) is 0.998. The number of benzene rings is 2. The second kappa shape index (κ2) is 10.2. The molecule has 0 spiro atoms. The van der Waals surface area contributed by atoms with E-state index in [-0.39, 0.29) is 18.3 Å². The summed E-state index contributed by atoms with van der Waals surface area (Å²) in [6.07, 6.45) is 0. The Labute approximate surface area is 159 Å². The van der Waals surface area contributed by atoms with E-state index in [1.807, 2.05) is 31.2 Å². The highest BCUT2D eigenvalue weighted by Gasteiger charge is 2.05. The van der Waals surface area contributed by atoms with Gasteiger partial charge in [0.05, 0.1) is 13.1 Å². The minimum atomic E-state index is -0.298. The van der Waals surface area contributed by atoms with Crippen LogP contribution in [0.4, 0.5) is 4.39 Å². The number of guanidine groups is 1. The van der Waals surface area contributed by atoms with Crippen molar-refractivity contribution in [2.24, 2.45) is 4.99 Å². The lowest BCUT2D eigenvalue weighted by Gasteiger charge is -2.14. The van der Waals surface area contributed by atoms with E-state index in [1.165, 1.54) is 17.0 Å². The van der Waals surface area contributed by atoms with Crippen LogP contribution in [0.3, 0.4) is 0 Å². The van der Waals surface area contributed by atoms with Gasteiger partial charge in [-0.15, -0.1) is 0 Å². The molecule has 0 aliphatic rings. The van der Waals surface area contributed by atoms with Gasteiger partial charge in [0, 0.05) is 20.6 Å². The van der Waals surface area contributed by atoms with Crippen LogP contribution in [0.15, 0.2) is 53.5 Å². The van der Waals surface area contributed by atoms with Crippen molar-refractivity contribution in [2.45, 2.75) is 13.5 Å². The van der Waals surface area contributed by atoms with Crippen LogP contribution in [-0.4, -0.2) is 44.0 Å². The number of amides is 1. The number of nitrogens with zero attached hydrogens (tertiary/aromatic N) is 2. The maximum Gasteiger partial charge on any atom is 0.241 e. The number of aliphatic imine (C=N–C) groups is 1. The fourth-order valence-corrected chi connectivity index (χ4v) is 2.13. The van der Waals surface area contributed by atoms with Gasteiger partial charge < -0.3 is 20.3 Å². The van der Waals surface area contributed by atoms with Crippen LogP contribution in [-0.2, 0) is 11.3 Å². The summed E-state index contributed by atoms with van der Waals surface area (Å²) < 4.78 is 18.6. The van der Waals surface area contributed by atoms with E-state index >= 15 is 0 Å². The highest BCUT2D eigenvalue weighted by Crippen LogP contribution is 2.22. The van der Waals surface area contributed by atoms with Crippen LogP contribution in [0.25, 0.3) is 0 Å². The highest BCUT2D eigenvalue weighted by molar-refractivity contribution is 5.86. The normalized spacial score (nSPS) is 11.0. The van der Waals surface area contributed by atoms with Gasteiger partial charge in [0.2, 0.25) is 5.91 Å². The Hall–Kier alpha value is -3.09. The van der Waals surface area contributed by atoms with Crippen LogP contribution in [0.5, 0.6) is 11.5 Å². The molecule has 0 unspecified atom stereocenters. The SMILES string of the molecule is CCNC(=NCc1ccc(Oc2ccc(F)cc2)cc1)NCC(=O)N(C)C. The topological polar surface area (TPSA) is 66.0 Å². The summed E-state index contributed by atoms with van der Waals surface area (Å²) in [6, 6.07) is 13.4. The van der Waals surface area contributed by atoms with Crippen molar-refractivity contribution >= 4 is 11.9 Å². The zero-order valence-electron chi connectivity index (χ0n) is 15.8. The molecule has 2 N–H and O–H groups in total. The maximum absolute atomic E-state index is 12.9. The van der Waals surface area contributed by atoms with E-state index < -0.39 is 0 Å². The predicted octanol–water partition coefficient (Wildman–Crippen LogP) is 2.76. The molecule has 0 fully saturated rings. The van der Waals surface area contributed by atoms with Gasteiger partial charge in [-0.2, -0.15) is 0 Å². The molecule has 0 radical (unpaired) electrons. The van der Waals surface area contributed by atoms with Crippen LogP contribution >= 0.6 is 0 Å². The van der Waals surface area contributed by atoms with Gasteiger partial charge in [-0.25, -0.2) is 9.38 Å². The molecule has 0 saturated heterocycles. The van der Waals surface area contributed by atoms with Gasteiger partial charge in [-0.05, 0) is 48.9 Å². The van der Waals surface area contributed by atoms with Crippen LogP contribution in [0, 0.1) is 5.82 Å². The first kappa shape index (κ1) is 20.2. The lowest BCUT2D eigenvalue weighted by atomic mass is 10.2. The molecule has 27 heavy (non-hydrogen) atoms. The Balaban J connectivity index is 1.93. The van der Waals surface area contributed by atoms with E-state index in [0.29, 0.717) is 30.5 Å². The molecule has 0 bridgehead atoms. The van der Waals surface area contributed by atoms with Crippen molar-refractivity contribution in [3.05, 3.63) is 59.9 Å². The smallest absolute Gasteiger partial charge is 0.241 e. The van der Waals surface area contributed by atoms with Gasteiger partial charge in [-0.3, -0.25) is 4.79 Å². The Morgan fingerprint density at radius 2 is 1.63 bits per heavy atom. The average molecular weight is 372 g/mol. The zero-order chi connectivity index (χ0) is 19.6. The second-order valence-electron chi connectivity index (χ2n) is 6.04. The molecule has 0 saturated carbocycles. The second-order valence-corrected chi connectivity index (χ2v) is 6.04. The van der Waals surface area contributed by atoms with Crippen LogP contribution < -0.4 is 15.4 Å². The van der Waals surface area contributed by atoms with Gasteiger partial charge in [-0.1, -0.05) is 12.1 Å². The molecule has 0 atom stereocenters. The molecule has 0 heterocycles. The van der Waals surface area contributed by atoms with E-state index in [2.05, 4.69) is 15.6 Å². The molecule has 2 aromatic rings. The van der Waals surface area contributed by atoms with E-state index in [4.69, 9.17) is 4.74 Å². The number of likely N-dealkylation sites (N-methyl/N-ethyl adjacent to an activating group) is 1. The molecular formula is C20H25FN4O2. The summed E-state index contributed by atoms with van der Waals surface area (Å²) in [5.74, 6) is 1.50. The lowest BCUT2D eigenvalue weighted by Crippen LogP contribution is -2.42. The number of hydrogen-bond acceptors (Lipinski definition) is 3. The summed E-state index contributed by atoms with van der Waals surface area (Å²) in [7, 11) is 3.42. The third-order valence-electron chi connectivity index (χ3n) is 3.64. The van der Waals surface area contributed by atoms with Gasteiger partial charge in [0.1, 0.15) is 17.3 Å². The van der Waals surface area contributed by atoms with Crippen molar-refractivity contribution in [3.8, 4) is 11.5 Å². The summed E-state index contributed by atoms with van der Waals surface area (Å²) in [6.45, 7) is 3.31. The first-order valence-electron chi connectivity index (χ1n) is 8.72. The summed E-state index contributed by atoms with van der Waals surface area (Å²) in [5, 5.41) is 6.12. The minimum absolute atomic E-state index is 0.0251. The predicted molar refractivity (Wildman–Crippen MR) is 104 cm³/mol. The van der Waals surface area contributed by atoms with Gasteiger partial charge >= 0.3 is 0 Å². The van der Waals surface area contributed by atoms with Crippen molar-refractivity contribution in [1.82, 2.24) is 15.5 Å². The first-order valence-corrected chi connectivity index (χ1v) is 8.72. The lowest BCUT2D eigenvalue weighted by molar-refractivity contribution is -0.127. The van der Waals surface area contributed by atoms with Gasteiger partial charge in [0.25, 0.3) is 0 Å². The number of carbonyl (C=O) groups is 1. The molecule has 0 aromatic heterocycles. The fraction of sp³-hybridized carbons (Fsp3) is 0.300. The standard InChI is InChI=1S/C20H25FN4O2/c1-4-22-20(24-14-19(26)25(2)3)23-13-15-5-9-17(10-6-15)27-18-11-7-16(21)8-12-18/h5-12H,4,13-14H2,1-3H3,(H2,22,23,24). The van der Waals surface area contributed by atoms with Crippen molar-refractivity contribution in [2.75, 3.05) is 27.2 Å². The maximum atomic E-state index is 12.9. The molecule has 0 aliphatic carbocycles. The Kier molecular flexibility index (Phi) is 7.61. The molecule has 1 amide bonds. The van der Waals surface area contributed by atoms with E-state index in [9.17, 15) is 9.18 Å². The fourth-order valence-electron chi connectivity index (χ4n) is 2.13. The average Bonchev–Trinajstić information content (AvgIpc) is 2.66. The number of ether oxygens (including phenoxy) is 1. The molecule has 144 valence electrons. The quantitative estimate of drug-likeness (QED) is 0.579. The number of nitrogens with one attached hydrogen (secondary N) is 2. The van der Waals surface area contributed by atoms with Crippen LogP contribution in [0.1, 0.15) is 12.5 Å². The number of carbonyl (C=O) groups excluding carboxylic acids is 1.